The third-order valence-corrected chi connectivity index (χ3v) is 4.44. The Kier molecular flexibility index (Phi) is 5.62. The summed E-state index contributed by atoms with van der Waals surface area (Å²) in [4.78, 5) is 13.3. The first-order valence-electron chi connectivity index (χ1n) is 8.37. The third kappa shape index (κ3) is 4.66. The summed E-state index contributed by atoms with van der Waals surface area (Å²) in [6.45, 7) is 4.45. The Morgan fingerprint density at radius 1 is 1.08 bits per heavy atom. The van der Waals surface area contributed by atoms with Crippen LogP contribution in [0.1, 0.15) is 27.9 Å². The standard InChI is InChI=1S/C20H23NO3/c22-20(23)19-8-6-16(7-9-19)12-21-11-10-18(13-21)15-24-14-17-4-2-1-3-5-17/h1-9,18H,10-15H2,(H,22,23). The zero-order valence-corrected chi connectivity index (χ0v) is 13.7. The number of carboxylic acid groups (broad SMARTS) is 1. The molecular weight excluding hydrogens is 302 g/mol. The summed E-state index contributed by atoms with van der Waals surface area (Å²) in [5, 5.41) is 8.94. The van der Waals surface area contributed by atoms with Crippen molar-refractivity contribution in [2.24, 2.45) is 5.92 Å². The van der Waals surface area contributed by atoms with E-state index in [0.717, 1.165) is 38.2 Å². The summed E-state index contributed by atoms with van der Waals surface area (Å²) in [7, 11) is 0. The van der Waals surface area contributed by atoms with Crippen molar-refractivity contribution in [3.63, 3.8) is 0 Å². The number of ether oxygens (including phenoxy) is 1. The minimum atomic E-state index is -0.877. The lowest BCUT2D eigenvalue weighted by molar-refractivity contribution is 0.0697. The SMILES string of the molecule is O=C(O)c1ccc(CN2CCC(COCc3ccccc3)C2)cc1. The fourth-order valence-corrected chi connectivity index (χ4v) is 3.12. The van der Waals surface area contributed by atoms with E-state index in [2.05, 4.69) is 17.0 Å². The van der Waals surface area contributed by atoms with E-state index >= 15 is 0 Å². The van der Waals surface area contributed by atoms with Gasteiger partial charge in [0.05, 0.1) is 18.8 Å². The first-order valence-corrected chi connectivity index (χ1v) is 8.37. The Balaban J connectivity index is 1.41. The lowest BCUT2D eigenvalue weighted by atomic mass is 10.1. The van der Waals surface area contributed by atoms with E-state index in [1.165, 1.54) is 5.56 Å². The van der Waals surface area contributed by atoms with E-state index < -0.39 is 5.97 Å². The van der Waals surface area contributed by atoms with Gasteiger partial charge in [-0.15, -0.1) is 0 Å². The molecule has 3 rings (SSSR count). The molecule has 1 unspecified atom stereocenters. The van der Waals surface area contributed by atoms with E-state index in [4.69, 9.17) is 9.84 Å². The van der Waals surface area contributed by atoms with Crippen LogP contribution in [-0.2, 0) is 17.9 Å². The zero-order valence-electron chi connectivity index (χ0n) is 13.7. The first kappa shape index (κ1) is 16.7. The Morgan fingerprint density at radius 2 is 1.83 bits per heavy atom. The monoisotopic (exact) mass is 325 g/mol. The Labute approximate surface area is 142 Å². The molecule has 1 atom stereocenters. The highest BCUT2D eigenvalue weighted by atomic mass is 16.5. The maximum atomic E-state index is 10.9. The molecule has 1 N–H and O–H groups in total. The van der Waals surface area contributed by atoms with Crippen molar-refractivity contribution < 1.29 is 14.6 Å². The Hall–Kier alpha value is -2.17. The van der Waals surface area contributed by atoms with Gasteiger partial charge in [-0.25, -0.2) is 4.79 Å². The van der Waals surface area contributed by atoms with Crippen LogP contribution in [0.5, 0.6) is 0 Å². The summed E-state index contributed by atoms with van der Waals surface area (Å²) in [6, 6.07) is 17.4. The van der Waals surface area contributed by atoms with Gasteiger partial charge in [-0.05, 0) is 42.1 Å². The number of carboxylic acids is 1. The van der Waals surface area contributed by atoms with Gasteiger partial charge in [-0.2, -0.15) is 0 Å². The van der Waals surface area contributed by atoms with Gasteiger partial charge in [0.1, 0.15) is 0 Å². The first-order chi connectivity index (χ1) is 11.7. The van der Waals surface area contributed by atoms with Gasteiger partial charge in [0.2, 0.25) is 0 Å². The molecule has 0 aromatic heterocycles. The molecule has 4 nitrogen and oxygen atoms in total. The number of benzene rings is 2. The van der Waals surface area contributed by atoms with Crippen molar-refractivity contribution in [3.8, 4) is 0 Å². The van der Waals surface area contributed by atoms with Crippen molar-refractivity contribution in [2.45, 2.75) is 19.6 Å². The van der Waals surface area contributed by atoms with Gasteiger partial charge in [-0.1, -0.05) is 42.5 Å². The number of rotatable bonds is 7. The normalized spacial score (nSPS) is 17.9. The molecule has 0 aliphatic carbocycles. The van der Waals surface area contributed by atoms with Gasteiger partial charge in [0.25, 0.3) is 0 Å². The molecule has 24 heavy (non-hydrogen) atoms. The molecule has 1 aliphatic heterocycles. The van der Waals surface area contributed by atoms with Crippen LogP contribution in [0.4, 0.5) is 0 Å². The molecule has 1 aliphatic rings. The summed E-state index contributed by atoms with van der Waals surface area (Å²) >= 11 is 0. The fourth-order valence-electron chi connectivity index (χ4n) is 3.12. The van der Waals surface area contributed by atoms with Crippen molar-refractivity contribution in [1.29, 1.82) is 0 Å². The molecule has 1 saturated heterocycles. The van der Waals surface area contributed by atoms with Crippen LogP contribution in [-0.4, -0.2) is 35.7 Å². The van der Waals surface area contributed by atoms with E-state index in [-0.39, 0.29) is 0 Å². The number of hydrogen-bond acceptors (Lipinski definition) is 3. The lowest BCUT2D eigenvalue weighted by Gasteiger charge is -2.16. The number of hydrogen-bond donors (Lipinski definition) is 1. The second-order valence-corrected chi connectivity index (χ2v) is 6.39. The second-order valence-electron chi connectivity index (χ2n) is 6.39. The molecule has 2 aromatic rings. The number of carbonyl (C=O) groups is 1. The average molecular weight is 325 g/mol. The molecule has 0 saturated carbocycles. The summed E-state index contributed by atoms with van der Waals surface area (Å²) in [6.07, 6.45) is 1.15. The quantitative estimate of drug-likeness (QED) is 0.847. The van der Waals surface area contributed by atoms with Gasteiger partial charge in [0, 0.05) is 13.1 Å². The lowest BCUT2D eigenvalue weighted by Crippen LogP contribution is -2.21. The van der Waals surface area contributed by atoms with E-state index in [0.29, 0.717) is 18.1 Å². The minimum Gasteiger partial charge on any atom is -0.478 e. The van der Waals surface area contributed by atoms with Crippen molar-refractivity contribution >= 4 is 5.97 Å². The molecule has 4 heteroatoms. The highest BCUT2D eigenvalue weighted by Crippen LogP contribution is 2.19. The fraction of sp³-hybridized carbons (Fsp3) is 0.350. The van der Waals surface area contributed by atoms with Crippen LogP contribution in [0.25, 0.3) is 0 Å². The highest BCUT2D eigenvalue weighted by Gasteiger charge is 2.22. The summed E-state index contributed by atoms with van der Waals surface area (Å²) in [5.74, 6) is -0.301. The van der Waals surface area contributed by atoms with Crippen LogP contribution in [0.15, 0.2) is 54.6 Å². The van der Waals surface area contributed by atoms with Crippen LogP contribution in [0, 0.1) is 5.92 Å². The molecule has 1 fully saturated rings. The molecule has 0 radical (unpaired) electrons. The number of nitrogens with zero attached hydrogens (tertiary/aromatic N) is 1. The van der Waals surface area contributed by atoms with Crippen molar-refractivity contribution in [1.82, 2.24) is 4.90 Å². The Morgan fingerprint density at radius 3 is 2.54 bits per heavy atom. The third-order valence-electron chi connectivity index (χ3n) is 4.44. The van der Waals surface area contributed by atoms with Gasteiger partial charge in [0.15, 0.2) is 0 Å². The van der Waals surface area contributed by atoms with Crippen molar-refractivity contribution in [3.05, 3.63) is 71.3 Å². The molecule has 1 heterocycles. The van der Waals surface area contributed by atoms with Gasteiger partial charge < -0.3 is 9.84 Å². The number of aromatic carboxylic acids is 1. The molecular formula is C20H23NO3. The van der Waals surface area contributed by atoms with E-state index in [1.807, 2.05) is 30.3 Å². The smallest absolute Gasteiger partial charge is 0.335 e. The minimum absolute atomic E-state index is 0.340. The summed E-state index contributed by atoms with van der Waals surface area (Å²) < 4.78 is 5.85. The van der Waals surface area contributed by atoms with Crippen molar-refractivity contribution in [2.75, 3.05) is 19.7 Å². The number of likely N-dealkylation sites (tertiary alicyclic amines) is 1. The van der Waals surface area contributed by atoms with E-state index in [9.17, 15) is 4.79 Å². The summed E-state index contributed by atoms with van der Waals surface area (Å²) in [5.41, 5.74) is 2.71. The average Bonchev–Trinajstić information content (AvgIpc) is 3.04. The van der Waals surface area contributed by atoms with Crippen LogP contribution in [0.2, 0.25) is 0 Å². The van der Waals surface area contributed by atoms with Gasteiger partial charge in [-0.3, -0.25) is 4.90 Å². The molecule has 0 amide bonds. The van der Waals surface area contributed by atoms with Gasteiger partial charge >= 0.3 is 5.97 Å². The highest BCUT2D eigenvalue weighted by molar-refractivity contribution is 5.87. The second kappa shape index (κ2) is 8.08. The predicted octanol–water partition coefficient (Wildman–Crippen LogP) is 3.42. The Bertz CT molecular complexity index is 654. The molecule has 2 aromatic carbocycles. The maximum Gasteiger partial charge on any atom is 0.335 e. The van der Waals surface area contributed by atoms with Crippen LogP contribution in [0.3, 0.4) is 0 Å². The zero-order chi connectivity index (χ0) is 16.8. The topological polar surface area (TPSA) is 49.8 Å². The molecule has 0 spiro atoms. The van der Waals surface area contributed by atoms with E-state index in [1.54, 1.807) is 12.1 Å². The molecule has 0 bridgehead atoms. The largest absolute Gasteiger partial charge is 0.478 e. The molecule has 126 valence electrons. The maximum absolute atomic E-state index is 10.9. The van der Waals surface area contributed by atoms with Crippen LogP contribution < -0.4 is 0 Å². The predicted molar refractivity (Wildman–Crippen MR) is 92.9 cm³/mol. The van der Waals surface area contributed by atoms with Crippen LogP contribution >= 0.6 is 0 Å².